The summed E-state index contributed by atoms with van der Waals surface area (Å²) in [5.74, 6) is 0. The zero-order valence-corrected chi connectivity index (χ0v) is 10.5. The molecule has 0 bridgehead atoms. The molecule has 0 saturated carbocycles. The molecule has 0 saturated heterocycles. The van der Waals surface area contributed by atoms with E-state index in [9.17, 15) is 8.42 Å². The maximum Gasteiger partial charge on any atom is 0.297 e. The van der Waals surface area contributed by atoms with Gasteiger partial charge in [-0.3, -0.25) is 4.18 Å². The summed E-state index contributed by atoms with van der Waals surface area (Å²) < 4.78 is 28.3. The Labute approximate surface area is 96.9 Å². The molecule has 0 aliphatic heterocycles. The molecule has 0 N–H and O–H groups in total. The molecular formula is C12H16O3S. The minimum Gasteiger partial charge on any atom is -0.262 e. The van der Waals surface area contributed by atoms with Gasteiger partial charge in [-0.1, -0.05) is 29.3 Å². The molecule has 1 aromatic carbocycles. The van der Waals surface area contributed by atoms with Gasteiger partial charge in [-0.2, -0.15) is 8.42 Å². The molecule has 4 heteroatoms. The van der Waals surface area contributed by atoms with Gasteiger partial charge in [-0.05, 0) is 32.9 Å². The smallest absolute Gasteiger partial charge is 0.262 e. The number of hydrogen-bond acceptors (Lipinski definition) is 3. The second-order valence-corrected chi connectivity index (χ2v) is 5.28. The van der Waals surface area contributed by atoms with Crippen molar-refractivity contribution in [3.05, 3.63) is 41.5 Å². The van der Waals surface area contributed by atoms with Crippen molar-refractivity contribution in [2.45, 2.75) is 25.7 Å². The Hall–Kier alpha value is -1.13. The number of hydrogen-bond donors (Lipinski definition) is 0. The molecule has 16 heavy (non-hydrogen) atoms. The second kappa shape index (κ2) is 5.27. The summed E-state index contributed by atoms with van der Waals surface area (Å²) in [6.45, 7) is 5.68. The Morgan fingerprint density at radius 2 is 1.88 bits per heavy atom. The predicted octanol–water partition coefficient (Wildman–Crippen LogP) is 2.67. The van der Waals surface area contributed by atoms with E-state index in [-0.39, 0.29) is 11.5 Å². The van der Waals surface area contributed by atoms with Gasteiger partial charge < -0.3 is 0 Å². The minimum atomic E-state index is -3.62. The quantitative estimate of drug-likeness (QED) is 0.600. The molecular weight excluding hydrogens is 224 g/mol. The highest BCUT2D eigenvalue weighted by Crippen LogP contribution is 2.13. The standard InChI is InChI=1S/C12H16O3S/c1-4-10(2)9-15-16(13,14)12-7-5-11(3)6-8-12/h4-8H,9H2,1-3H3. The molecule has 0 heterocycles. The van der Waals surface area contributed by atoms with Crippen molar-refractivity contribution in [3.63, 3.8) is 0 Å². The highest BCUT2D eigenvalue weighted by atomic mass is 32.2. The van der Waals surface area contributed by atoms with Gasteiger partial charge in [0, 0.05) is 0 Å². The number of aryl methyl sites for hydroxylation is 1. The van der Waals surface area contributed by atoms with Gasteiger partial charge in [0.15, 0.2) is 0 Å². The first-order valence-electron chi connectivity index (χ1n) is 5.03. The highest BCUT2D eigenvalue weighted by molar-refractivity contribution is 7.86. The van der Waals surface area contributed by atoms with Gasteiger partial charge in [0.1, 0.15) is 0 Å². The lowest BCUT2D eigenvalue weighted by Gasteiger charge is -2.05. The molecule has 88 valence electrons. The van der Waals surface area contributed by atoms with Crippen molar-refractivity contribution < 1.29 is 12.6 Å². The normalized spacial score (nSPS) is 12.8. The zero-order chi connectivity index (χ0) is 12.2. The lowest BCUT2D eigenvalue weighted by atomic mass is 10.2. The lowest BCUT2D eigenvalue weighted by molar-refractivity contribution is 0.348. The fourth-order valence-corrected chi connectivity index (χ4v) is 1.97. The first-order valence-corrected chi connectivity index (χ1v) is 6.44. The topological polar surface area (TPSA) is 43.4 Å². The summed E-state index contributed by atoms with van der Waals surface area (Å²) in [5, 5.41) is 0. The van der Waals surface area contributed by atoms with Gasteiger partial charge in [-0.25, -0.2) is 0 Å². The predicted molar refractivity (Wildman–Crippen MR) is 63.7 cm³/mol. The van der Waals surface area contributed by atoms with E-state index in [0.29, 0.717) is 0 Å². The van der Waals surface area contributed by atoms with E-state index in [1.54, 1.807) is 24.3 Å². The Morgan fingerprint density at radius 1 is 1.31 bits per heavy atom. The maximum absolute atomic E-state index is 11.7. The summed E-state index contributed by atoms with van der Waals surface area (Å²) in [7, 11) is -3.62. The Kier molecular flexibility index (Phi) is 4.26. The van der Waals surface area contributed by atoms with Crippen molar-refractivity contribution >= 4 is 10.1 Å². The van der Waals surface area contributed by atoms with E-state index in [2.05, 4.69) is 0 Å². The van der Waals surface area contributed by atoms with Crippen LogP contribution in [-0.4, -0.2) is 15.0 Å². The first-order chi connectivity index (χ1) is 7.45. The summed E-state index contributed by atoms with van der Waals surface area (Å²) in [4.78, 5) is 0.196. The summed E-state index contributed by atoms with van der Waals surface area (Å²) in [6.07, 6.45) is 1.82. The molecule has 0 aromatic heterocycles. The minimum absolute atomic E-state index is 0.104. The van der Waals surface area contributed by atoms with Crippen LogP contribution in [0.5, 0.6) is 0 Å². The Morgan fingerprint density at radius 3 is 2.38 bits per heavy atom. The van der Waals surface area contributed by atoms with Crippen LogP contribution in [0.25, 0.3) is 0 Å². The first kappa shape index (κ1) is 12.9. The molecule has 0 amide bonds. The van der Waals surface area contributed by atoms with Crippen molar-refractivity contribution in [2.75, 3.05) is 6.61 Å². The number of allylic oxidation sites excluding steroid dienone is 1. The molecule has 0 radical (unpaired) electrons. The molecule has 0 fully saturated rings. The van der Waals surface area contributed by atoms with E-state index < -0.39 is 10.1 Å². The average Bonchev–Trinajstić information content (AvgIpc) is 2.26. The van der Waals surface area contributed by atoms with Gasteiger partial charge in [0.25, 0.3) is 10.1 Å². The third-order valence-electron chi connectivity index (χ3n) is 2.24. The van der Waals surface area contributed by atoms with Gasteiger partial charge >= 0.3 is 0 Å². The number of rotatable bonds is 4. The van der Waals surface area contributed by atoms with E-state index in [0.717, 1.165) is 11.1 Å². The van der Waals surface area contributed by atoms with E-state index in [1.807, 2.05) is 26.8 Å². The number of benzene rings is 1. The Balaban J connectivity index is 2.82. The van der Waals surface area contributed by atoms with Crippen LogP contribution >= 0.6 is 0 Å². The van der Waals surface area contributed by atoms with Crippen molar-refractivity contribution in [1.29, 1.82) is 0 Å². The fourth-order valence-electron chi connectivity index (χ4n) is 1.03. The third-order valence-corrected chi connectivity index (χ3v) is 3.52. The van der Waals surface area contributed by atoms with Crippen molar-refractivity contribution in [1.82, 2.24) is 0 Å². The van der Waals surface area contributed by atoms with E-state index in [4.69, 9.17) is 4.18 Å². The molecule has 0 spiro atoms. The molecule has 1 aromatic rings. The van der Waals surface area contributed by atoms with Crippen molar-refractivity contribution in [2.24, 2.45) is 0 Å². The molecule has 0 aliphatic carbocycles. The van der Waals surface area contributed by atoms with Crippen LogP contribution < -0.4 is 0 Å². The van der Waals surface area contributed by atoms with Gasteiger partial charge in [-0.15, -0.1) is 0 Å². The zero-order valence-electron chi connectivity index (χ0n) is 9.73. The fraction of sp³-hybridized carbons (Fsp3) is 0.333. The third kappa shape index (κ3) is 3.47. The van der Waals surface area contributed by atoms with Crippen LogP contribution in [0.3, 0.4) is 0 Å². The largest absolute Gasteiger partial charge is 0.297 e. The lowest BCUT2D eigenvalue weighted by Crippen LogP contribution is -2.08. The van der Waals surface area contributed by atoms with Crippen LogP contribution in [0, 0.1) is 6.92 Å². The van der Waals surface area contributed by atoms with Gasteiger partial charge in [0.05, 0.1) is 11.5 Å². The summed E-state index contributed by atoms with van der Waals surface area (Å²) in [6, 6.07) is 6.60. The summed E-state index contributed by atoms with van der Waals surface area (Å²) in [5.41, 5.74) is 1.90. The summed E-state index contributed by atoms with van der Waals surface area (Å²) >= 11 is 0. The Bertz CT molecular complexity index is 469. The average molecular weight is 240 g/mol. The van der Waals surface area contributed by atoms with E-state index in [1.165, 1.54) is 0 Å². The molecule has 1 rings (SSSR count). The maximum atomic E-state index is 11.7. The van der Waals surface area contributed by atoms with Gasteiger partial charge in [0.2, 0.25) is 0 Å². The molecule has 0 unspecified atom stereocenters. The van der Waals surface area contributed by atoms with E-state index >= 15 is 0 Å². The van der Waals surface area contributed by atoms with Crippen LogP contribution in [0.1, 0.15) is 19.4 Å². The SMILES string of the molecule is CC=C(C)COS(=O)(=O)c1ccc(C)cc1. The second-order valence-electron chi connectivity index (χ2n) is 3.66. The van der Waals surface area contributed by atoms with Crippen LogP contribution in [0.2, 0.25) is 0 Å². The highest BCUT2D eigenvalue weighted by Gasteiger charge is 2.14. The molecule has 3 nitrogen and oxygen atoms in total. The van der Waals surface area contributed by atoms with Crippen LogP contribution in [-0.2, 0) is 14.3 Å². The monoisotopic (exact) mass is 240 g/mol. The molecule has 0 aliphatic rings. The van der Waals surface area contributed by atoms with Crippen molar-refractivity contribution in [3.8, 4) is 0 Å². The van der Waals surface area contributed by atoms with Crippen LogP contribution in [0.15, 0.2) is 40.8 Å². The van der Waals surface area contributed by atoms with Crippen LogP contribution in [0.4, 0.5) is 0 Å². The molecule has 0 atom stereocenters.